The number of nitrogens with one attached hydrogen (secondary N) is 1. The molecule has 1 N–H and O–H groups in total. The predicted molar refractivity (Wildman–Crippen MR) is 109 cm³/mol. The quantitative estimate of drug-likeness (QED) is 0.754. The van der Waals surface area contributed by atoms with Crippen LogP contribution in [0.25, 0.3) is 0 Å². The van der Waals surface area contributed by atoms with E-state index in [-0.39, 0.29) is 22.8 Å². The molecule has 2 aromatic rings. The van der Waals surface area contributed by atoms with Gasteiger partial charge in [-0.15, -0.1) is 0 Å². The Hall–Kier alpha value is -1.70. The molecule has 1 aliphatic rings. The molecule has 2 aromatic carbocycles. The second-order valence-electron chi connectivity index (χ2n) is 6.77. The number of carbonyl (C=O) groups excluding carboxylic acids is 1. The number of rotatable bonds is 5. The van der Waals surface area contributed by atoms with E-state index in [2.05, 4.69) is 21.2 Å². The molecule has 0 saturated carbocycles. The van der Waals surface area contributed by atoms with Crippen LogP contribution in [0.3, 0.4) is 0 Å². The molecule has 27 heavy (non-hydrogen) atoms. The van der Waals surface area contributed by atoms with E-state index in [1.807, 2.05) is 37.3 Å². The first-order valence-electron chi connectivity index (χ1n) is 8.99. The molecule has 1 fully saturated rings. The van der Waals surface area contributed by atoms with Crippen molar-refractivity contribution in [2.45, 2.75) is 30.7 Å². The maximum Gasteiger partial charge on any atom is 0.243 e. The molecule has 1 heterocycles. The van der Waals surface area contributed by atoms with Crippen molar-refractivity contribution in [2.24, 2.45) is 5.92 Å². The molecule has 0 aromatic heterocycles. The summed E-state index contributed by atoms with van der Waals surface area (Å²) in [5.41, 5.74) is 1.06. The van der Waals surface area contributed by atoms with Crippen LogP contribution in [0.4, 0.5) is 0 Å². The summed E-state index contributed by atoms with van der Waals surface area (Å²) >= 11 is 3.32. The minimum absolute atomic E-state index is 0.00737. The van der Waals surface area contributed by atoms with Crippen LogP contribution in [0.1, 0.15) is 31.4 Å². The monoisotopic (exact) mass is 450 g/mol. The van der Waals surface area contributed by atoms with Crippen molar-refractivity contribution in [3.63, 3.8) is 0 Å². The SMILES string of the molecule is C[C@@H](NC(=O)C1CCN(S(=O)(=O)c2ccc(Br)cc2)CC1)c1ccccc1. The highest BCUT2D eigenvalue weighted by atomic mass is 79.9. The summed E-state index contributed by atoms with van der Waals surface area (Å²) in [4.78, 5) is 12.8. The molecule has 1 amide bonds. The van der Waals surface area contributed by atoms with Crippen molar-refractivity contribution in [3.05, 3.63) is 64.6 Å². The van der Waals surface area contributed by atoms with Crippen LogP contribution in [0.5, 0.6) is 0 Å². The number of piperidine rings is 1. The van der Waals surface area contributed by atoms with Crippen LogP contribution in [0, 0.1) is 5.92 Å². The lowest BCUT2D eigenvalue weighted by molar-refractivity contribution is -0.126. The third-order valence-corrected chi connectivity index (χ3v) is 7.38. The van der Waals surface area contributed by atoms with Crippen LogP contribution < -0.4 is 5.32 Å². The first-order chi connectivity index (χ1) is 12.9. The number of amides is 1. The van der Waals surface area contributed by atoms with Gasteiger partial charge < -0.3 is 5.32 Å². The van der Waals surface area contributed by atoms with Gasteiger partial charge in [0.25, 0.3) is 0 Å². The fraction of sp³-hybridized carbons (Fsp3) is 0.350. The van der Waals surface area contributed by atoms with Gasteiger partial charge in [-0.25, -0.2) is 8.42 Å². The maximum atomic E-state index is 12.7. The van der Waals surface area contributed by atoms with Crippen molar-refractivity contribution >= 4 is 31.9 Å². The molecule has 0 radical (unpaired) electrons. The summed E-state index contributed by atoms with van der Waals surface area (Å²) in [6.45, 7) is 2.67. The van der Waals surface area contributed by atoms with Gasteiger partial charge in [-0.3, -0.25) is 4.79 Å². The zero-order chi connectivity index (χ0) is 19.4. The second-order valence-corrected chi connectivity index (χ2v) is 9.63. The molecule has 0 spiro atoms. The molecule has 7 heteroatoms. The third kappa shape index (κ3) is 4.78. The van der Waals surface area contributed by atoms with Crippen molar-refractivity contribution in [3.8, 4) is 0 Å². The Morgan fingerprint density at radius 2 is 1.67 bits per heavy atom. The minimum Gasteiger partial charge on any atom is -0.349 e. The molecule has 5 nitrogen and oxygen atoms in total. The number of benzene rings is 2. The van der Waals surface area contributed by atoms with Crippen molar-refractivity contribution in [1.29, 1.82) is 0 Å². The van der Waals surface area contributed by atoms with Gasteiger partial charge in [-0.1, -0.05) is 46.3 Å². The Kier molecular flexibility index (Phi) is 6.34. The van der Waals surface area contributed by atoms with E-state index in [0.29, 0.717) is 25.9 Å². The van der Waals surface area contributed by atoms with Gasteiger partial charge >= 0.3 is 0 Å². The third-order valence-electron chi connectivity index (χ3n) is 4.93. The topological polar surface area (TPSA) is 66.5 Å². The summed E-state index contributed by atoms with van der Waals surface area (Å²) < 4.78 is 27.8. The van der Waals surface area contributed by atoms with Gasteiger partial charge in [0.2, 0.25) is 15.9 Å². The summed E-state index contributed by atoms with van der Waals surface area (Å²) in [5, 5.41) is 3.05. The smallest absolute Gasteiger partial charge is 0.243 e. The first kappa shape index (κ1) is 20.0. The number of sulfonamides is 1. The van der Waals surface area contributed by atoms with Crippen molar-refractivity contribution in [1.82, 2.24) is 9.62 Å². The Morgan fingerprint density at radius 1 is 1.07 bits per heavy atom. The van der Waals surface area contributed by atoms with Gasteiger partial charge in [0.1, 0.15) is 0 Å². The van der Waals surface area contributed by atoms with E-state index in [0.717, 1.165) is 10.0 Å². The summed E-state index contributed by atoms with van der Waals surface area (Å²) in [6.07, 6.45) is 1.06. The van der Waals surface area contributed by atoms with E-state index in [9.17, 15) is 13.2 Å². The Balaban J connectivity index is 1.58. The van der Waals surface area contributed by atoms with Gasteiger partial charge in [0.05, 0.1) is 10.9 Å². The lowest BCUT2D eigenvalue weighted by Crippen LogP contribution is -2.43. The predicted octanol–water partition coefficient (Wildman–Crippen LogP) is 3.73. The fourth-order valence-corrected chi connectivity index (χ4v) is 5.00. The van der Waals surface area contributed by atoms with Crippen LogP contribution in [-0.4, -0.2) is 31.7 Å². The molecular formula is C20H23BrN2O3S. The van der Waals surface area contributed by atoms with E-state index < -0.39 is 10.0 Å². The van der Waals surface area contributed by atoms with Gasteiger partial charge in [-0.2, -0.15) is 4.31 Å². The van der Waals surface area contributed by atoms with Crippen molar-refractivity contribution in [2.75, 3.05) is 13.1 Å². The van der Waals surface area contributed by atoms with E-state index >= 15 is 0 Å². The molecule has 0 bridgehead atoms. The molecule has 0 aliphatic carbocycles. The van der Waals surface area contributed by atoms with Gasteiger partial charge in [0, 0.05) is 23.5 Å². The largest absolute Gasteiger partial charge is 0.349 e. The van der Waals surface area contributed by atoms with Crippen LogP contribution in [0.15, 0.2) is 64.0 Å². The molecule has 1 atom stereocenters. The standard InChI is InChI=1S/C20H23BrN2O3S/c1-15(16-5-3-2-4-6-16)22-20(24)17-11-13-23(14-12-17)27(25,26)19-9-7-18(21)8-10-19/h2-10,15,17H,11-14H2,1H3,(H,22,24)/t15-/m1/s1. The molecule has 1 aliphatic heterocycles. The lowest BCUT2D eigenvalue weighted by atomic mass is 9.96. The zero-order valence-corrected chi connectivity index (χ0v) is 17.5. The molecule has 1 saturated heterocycles. The van der Waals surface area contributed by atoms with Crippen LogP contribution in [0.2, 0.25) is 0 Å². The first-order valence-corrected chi connectivity index (χ1v) is 11.2. The summed E-state index contributed by atoms with van der Waals surface area (Å²) in [5.74, 6) is -0.167. The highest BCUT2D eigenvalue weighted by Gasteiger charge is 2.32. The number of carbonyl (C=O) groups is 1. The second kappa shape index (κ2) is 8.54. The highest BCUT2D eigenvalue weighted by molar-refractivity contribution is 9.10. The van der Waals surface area contributed by atoms with Crippen LogP contribution >= 0.6 is 15.9 Å². The molecular weight excluding hydrogens is 428 g/mol. The normalized spacial score (nSPS) is 17.4. The van der Waals surface area contributed by atoms with E-state index in [1.54, 1.807) is 24.3 Å². The number of halogens is 1. The Morgan fingerprint density at radius 3 is 2.26 bits per heavy atom. The molecule has 0 unspecified atom stereocenters. The van der Waals surface area contributed by atoms with Crippen molar-refractivity contribution < 1.29 is 13.2 Å². The lowest BCUT2D eigenvalue weighted by Gasteiger charge is -2.31. The molecule has 3 rings (SSSR count). The molecule has 144 valence electrons. The number of hydrogen-bond acceptors (Lipinski definition) is 3. The number of nitrogens with zero attached hydrogens (tertiary/aromatic N) is 1. The zero-order valence-electron chi connectivity index (χ0n) is 15.1. The van der Waals surface area contributed by atoms with Gasteiger partial charge in [0.15, 0.2) is 0 Å². The highest BCUT2D eigenvalue weighted by Crippen LogP contribution is 2.25. The van der Waals surface area contributed by atoms with Gasteiger partial charge in [-0.05, 0) is 49.6 Å². The van der Waals surface area contributed by atoms with E-state index in [1.165, 1.54) is 4.31 Å². The summed E-state index contributed by atoms with van der Waals surface area (Å²) in [6, 6.07) is 16.4. The average Bonchev–Trinajstić information content (AvgIpc) is 2.69. The minimum atomic E-state index is -3.51. The van der Waals surface area contributed by atoms with Crippen LogP contribution in [-0.2, 0) is 14.8 Å². The number of hydrogen-bond donors (Lipinski definition) is 1. The fourth-order valence-electron chi connectivity index (χ4n) is 3.27. The average molecular weight is 451 g/mol. The Bertz CT molecular complexity index is 877. The summed E-state index contributed by atoms with van der Waals surface area (Å²) in [7, 11) is -3.51. The van der Waals surface area contributed by atoms with E-state index in [4.69, 9.17) is 0 Å². The Labute approximate surface area is 169 Å². The maximum absolute atomic E-state index is 12.7.